The molecule has 0 bridgehead atoms. The number of rotatable bonds is 2. The van der Waals surface area contributed by atoms with Crippen molar-refractivity contribution in [2.45, 2.75) is 6.92 Å². The molecular weight excluding hydrogens is 260 g/mol. The molecule has 1 aromatic carbocycles. The van der Waals surface area contributed by atoms with E-state index in [2.05, 4.69) is 10.3 Å². The van der Waals surface area contributed by atoms with Crippen LogP contribution in [0, 0.1) is 18.6 Å². The first-order chi connectivity index (χ1) is 8.47. The Balaban J connectivity index is 2.40. The van der Waals surface area contributed by atoms with Gasteiger partial charge in [-0.1, -0.05) is 11.6 Å². The van der Waals surface area contributed by atoms with Crippen LogP contribution in [0.25, 0.3) is 0 Å². The number of nitrogens with zero attached hydrogens (tertiary/aromatic N) is 1. The normalized spacial score (nSPS) is 10.4. The van der Waals surface area contributed by atoms with Gasteiger partial charge in [-0.2, -0.15) is 0 Å². The van der Waals surface area contributed by atoms with Crippen LogP contribution in [0.2, 0.25) is 5.02 Å². The number of pyridine rings is 1. The van der Waals surface area contributed by atoms with Gasteiger partial charge >= 0.3 is 0 Å². The van der Waals surface area contributed by atoms with Crippen LogP contribution in [0.3, 0.4) is 0 Å². The maximum Gasteiger partial charge on any atom is 0.151 e. The van der Waals surface area contributed by atoms with Crippen molar-refractivity contribution in [2.24, 2.45) is 0 Å². The molecule has 0 fully saturated rings. The topological polar surface area (TPSA) is 50.9 Å². The number of aryl methyl sites for hydroxylation is 1. The summed E-state index contributed by atoms with van der Waals surface area (Å²) < 4.78 is 26.5. The van der Waals surface area contributed by atoms with Gasteiger partial charge in [0.2, 0.25) is 0 Å². The van der Waals surface area contributed by atoms with E-state index < -0.39 is 11.6 Å². The number of nitrogen functional groups attached to an aromatic ring is 1. The summed E-state index contributed by atoms with van der Waals surface area (Å²) in [5.74, 6) is -1.10. The van der Waals surface area contributed by atoms with Gasteiger partial charge in [0.25, 0.3) is 0 Å². The van der Waals surface area contributed by atoms with Gasteiger partial charge in [-0.15, -0.1) is 0 Å². The fraction of sp³-hybridized carbons (Fsp3) is 0.0833. The third-order valence-electron chi connectivity index (χ3n) is 2.35. The number of anilines is 3. The minimum atomic E-state index is -0.780. The van der Waals surface area contributed by atoms with Crippen LogP contribution in [-0.4, -0.2) is 4.98 Å². The number of aromatic nitrogens is 1. The monoisotopic (exact) mass is 269 g/mol. The van der Waals surface area contributed by atoms with Gasteiger partial charge in [0.15, 0.2) is 5.82 Å². The lowest BCUT2D eigenvalue weighted by atomic mass is 10.2. The van der Waals surface area contributed by atoms with Crippen molar-refractivity contribution < 1.29 is 8.78 Å². The van der Waals surface area contributed by atoms with Crippen LogP contribution >= 0.6 is 11.6 Å². The zero-order valence-electron chi connectivity index (χ0n) is 9.47. The molecule has 3 N–H and O–H groups in total. The Morgan fingerprint density at radius 2 is 2.00 bits per heavy atom. The van der Waals surface area contributed by atoms with Crippen LogP contribution < -0.4 is 11.1 Å². The van der Waals surface area contributed by atoms with Gasteiger partial charge in [0.1, 0.15) is 11.6 Å². The second kappa shape index (κ2) is 4.78. The van der Waals surface area contributed by atoms with Crippen LogP contribution in [0.4, 0.5) is 26.0 Å². The number of hydrogen-bond donors (Lipinski definition) is 2. The SMILES string of the molecule is Cc1cc(N)cnc1Nc1c(F)cc(F)cc1Cl. The predicted molar refractivity (Wildman–Crippen MR) is 68.0 cm³/mol. The Morgan fingerprint density at radius 3 is 2.61 bits per heavy atom. The average Bonchev–Trinajstić information content (AvgIpc) is 2.25. The molecule has 1 aromatic heterocycles. The highest BCUT2D eigenvalue weighted by atomic mass is 35.5. The van der Waals surface area contributed by atoms with Gasteiger partial charge in [0.05, 0.1) is 22.6 Å². The first-order valence-electron chi connectivity index (χ1n) is 5.11. The molecule has 0 spiro atoms. The highest BCUT2D eigenvalue weighted by molar-refractivity contribution is 6.33. The minimum Gasteiger partial charge on any atom is -0.397 e. The first-order valence-corrected chi connectivity index (χ1v) is 5.49. The Kier molecular flexibility index (Phi) is 3.34. The zero-order chi connectivity index (χ0) is 13.3. The number of halogens is 3. The number of nitrogens with two attached hydrogens (primary N) is 1. The van der Waals surface area contributed by atoms with E-state index in [1.807, 2.05) is 0 Å². The molecule has 0 amide bonds. The molecular formula is C12H10ClF2N3. The Bertz CT molecular complexity index is 579. The van der Waals surface area contributed by atoms with Crippen LogP contribution in [0.5, 0.6) is 0 Å². The molecule has 0 aliphatic carbocycles. The smallest absolute Gasteiger partial charge is 0.151 e. The summed E-state index contributed by atoms with van der Waals surface area (Å²) >= 11 is 5.77. The zero-order valence-corrected chi connectivity index (χ0v) is 10.2. The summed E-state index contributed by atoms with van der Waals surface area (Å²) in [5, 5.41) is 2.67. The van der Waals surface area contributed by atoms with Crippen LogP contribution in [-0.2, 0) is 0 Å². The molecule has 0 aliphatic heterocycles. The van der Waals surface area contributed by atoms with Gasteiger partial charge in [-0.3, -0.25) is 0 Å². The molecule has 0 atom stereocenters. The van der Waals surface area contributed by atoms with Crippen molar-refractivity contribution in [3.8, 4) is 0 Å². The van der Waals surface area contributed by atoms with E-state index in [1.54, 1.807) is 13.0 Å². The second-order valence-electron chi connectivity index (χ2n) is 3.80. The summed E-state index contributed by atoms with van der Waals surface area (Å²) in [6.45, 7) is 1.76. The summed E-state index contributed by atoms with van der Waals surface area (Å²) in [7, 11) is 0. The quantitative estimate of drug-likeness (QED) is 0.875. The van der Waals surface area contributed by atoms with Gasteiger partial charge in [-0.05, 0) is 24.6 Å². The van der Waals surface area contributed by atoms with E-state index in [4.69, 9.17) is 17.3 Å². The number of nitrogens with one attached hydrogen (secondary N) is 1. The molecule has 0 saturated carbocycles. The summed E-state index contributed by atoms with van der Waals surface area (Å²) in [5.41, 5.74) is 6.78. The average molecular weight is 270 g/mol. The third kappa shape index (κ3) is 2.51. The second-order valence-corrected chi connectivity index (χ2v) is 4.21. The highest BCUT2D eigenvalue weighted by Crippen LogP contribution is 2.30. The number of hydrogen-bond acceptors (Lipinski definition) is 3. The lowest BCUT2D eigenvalue weighted by Crippen LogP contribution is -2.01. The molecule has 6 heteroatoms. The molecule has 2 aromatic rings. The van der Waals surface area contributed by atoms with Crippen LogP contribution in [0.1, 0.15) is 5.56 Å². The van der Waals surface area contributed by atoms with Crippen LogP contribution in [0.15, 0.2) is 24.4 Å². The van der Waals surface area contributed by atoms with E-state index in [9.17, 15) is 8.78 Å². The maximum absolute atomic E-state index is 13.6. The molecule has 0 radical (unpaired) electrons. The van der Waals surface area contributed by atoms with Crippen molar-refractivity contribution in [2.75, 3.05) is 11.1 Å². The van der Waals surface area contributed by atoms with E-state index in [0.29, 0.717) is 11.5 Å². The molecule has 0 unspecified atom stereocenters. The van der Waals surface area contributed by atoms with E-state index in [-0.39, 0.29) is 10.7 Å². The predicted octanol–water partition coefficient (Wildman–Crippen LogP) is 3.65. The van der Waals surface area contributed by atoms with Crippen molar-refractivity contribution in [3.05, 3.63) is 46.6 Å². The minimum absolute atomic E-state index is 0.0153. The highest BCUT2D eigenvalue weighted by Gasteiger charge is 2.11. The van der Waals surface area contributed by atoms with E-state index >= 15 is 0 Å². The van der Waals surface area contributed by atoms with E-state index in [1.165, 1.54) is 6.20 Å². The Morgan fingerprint density at radius 1 is 1.28 bits per heavy atom. The molecule has 0 aliphatic rings. The van der Waals surface area contributed by atoms with Crippen molar-refractivity contribution >= 4 is 28.8 Å². The largest absolute Gasteiger partial charge is 0.397 e. The van der Waals surface area contributed by atoms with Crippen molar-refractivity contribution in [1.82, 2.24) is 4.98 Å². The first kappa shape index (κ1) is 12.6. The molecule has 3 nitrogen and oxygen atoms in total. The fourth-order valence-electron chi connectivity index (χ4n) is 1.51. The van der Waals surface area contributed by atoms with Gasteiger partial charge in [0, 0.05) is 6.07 Å². The van der Waals surface area contributed by atoms with Gasteiger partial charge in [-0.25, -0.2) is 13.8 Å². The molecule has 2 rings (SSSR count). The molecule has 0 saturated heterocycles. The third-order valence-corrected chi connectivity index (χ3v) is 2.65. The van der Waals surface area contributed by atoms with Crippen molar-refractivity contribution in [1.29, 1.82) is 0 Å². The Labute approximate surface area is 108 Å². The summed E-state index contributed by atoms with van der Waals surface area (Å²) in [6.07, 6.45) is 1.44. The lowest BCUT2D eigenvalue weighted by molar-refractivity contribution is 0.586. The van der Waals surface area contributed by atoms with E-state index in [0.717, 1.165) is 17.7 Å². The summed E-state index contributed by atoms with van der Waals surface area (Å²) in [6, 6.07) is 3.46. The maximum atomic E-state index is 13.6. The lowest BCUT2D eigenvalue weighted by Gasteiger charge is -2.11. The fourth-order valence-corrected chi connectivity index (χ4v) is 1.75. The van der Waals surface area contributed by atoms with Crippen molar-refractivity contribution in [3.63, 3.8) is 0 Å². The molecule has 94 valence electrons. The van der Waals surface area contributed by atoms with Gasteiger partial charge < -0.3 is 11.1 Å². The molecule has 18 heavy (non-hydrogen) atoms. The standard InChI is InChI=1S/C12H10ClF2N3/c1-6-2-8(16)5-17-12(6)18-11-9(13)3-7(14)4-10(11)15/h2-5H,16H2,1H3,(H,17,18). The molecule has 1 heterocycles. The summed E-state index contributed by atoms with van der Waals surface area (Å²) in [4.78, 5) is 4.02. The number of benzene rings is 1. The Hall–Kier alpha value is -1.88.